The van der Waals surface area contributed by atoms with Crippen LogP contribution >= 0.6 is 11.8 Å². The maximum absolute atomic E-state index is 12.7. The van der Waals surface area contributed by atoms with Gasteiger partial charge < -0.3 is 19.2 Å². The van der Waals surface area contributed by atoms with E-state index in [1.807, 2.05) is 19.1 Å². The fraction of sp³-hybridized carbons (Fsp3) is 0.185. The summed E-state index contributed by atoms with van der Waals surface area (Å²) in [6.07, 6.45) is 0. The van der Waals surface area contributed by atoms with Crippen LogP contribution in [0.25, 0.3) is 11.5 Å². The van der Waals surface area contributed by atoms with Gasteiger partial charge in [-0.1, -0.05) is 17.7 Å². The number of aromatic nitrogens is 1. The van der Waals surface area contributed by atoms with Gasteiger partial charge in [-0.15, -0.1) is 11.8 Å². The van der Waals surface area contributed by atoms with E-state index in [-0.39, 0.29) is 5.91 Å². The van der Waals surface area contributed by atoms with Crippen molar-refractivity contribution in [3.05, 3.63) is 89.3 Å². The quantitative estimate of drug-likeness (QED) is 0.293. The zero-order chi connectivity index (χ0) is 24.1. The SMILES string of the molecule is COc1cc(NC(=O)c2ccc(-c3nc(CSc4ccc(C)cc4)c(C)o3)cc2)cc(OC)c1. The molecule has 0 aliphatic heterocycles. The summed E-state index contributed by atoms with van der Waals surface area (Å²) < 4.78 is 16.4. The molecule has 0 saturated heterocycles. The molecule has 0 bridgehead atoms. The Labute approximate surface area is 203 Å². The first-order valence-electron chi connectivity index (χ1n) is 10.8. The van der Waals surface area contributed by atoms with Crippen molar-refractivity contribution in [3.63, 3.8) is 0 Å². The van der Waals surface area contributed by atoms with E-state index in [0.717, 1.165) is 22.8 Å². The largest absolute Gasteiger partial charge is 0.497 e. The maximum atomic E-state index is 12.7. The molecule has 1 aromatic heterocycles. The molecule has 4 aromatic rings. The van der Waals surface area contributed by atoms with Gasteiger partial charge in [0.1, 0.15) is 17.3 Å². The highest BCUT2D eigenvalue weighted by molar-refractivity contribution is 7.98. The molecule has 0 unspecified atom stereocenters. The minimum Gasteiger partial charge on any atom is -0.497 e. The molecule has 0 fully saturated rings. The van der Waals surface area contributed by atoms with Crippen LogP contribution in [0.5, 0.6) is 11.5 Å². The number of anilines is 1. The Morgan fingerprint density at radius 1 is 0.941 bits per heavy atom. The van der Waals surface area contributed by atoms with Gasteiger partial charge >= 0.3 is 0 Å². The van der Waals surface area contributed by atoms with E-state index < -0.39 is 0 Å². The number of thioether (sulfide) groups is 1. The molecule has 0 radical (unpaired) electrons. The van der Waals surface area contributed by atoms with Gasteiger partial charge in [0, 0.05) is 45.7 Å². The summed E-state index contributed by atoms with van der Waals surface area (Å²) in [5, 5.41) is 2.88. The van der Waals surface area contributed by atoms with E-state index >= 15 is 0 Å². The lowest BCUT2D eigenvalue weighted by atomic mass is 10.1. The van der Waals surface area contributed by atoms with Crippen molar-refractivity contribution in [1.82, 2.24) is 4.98 Å². The van der Waals surface area contributed by atoms with Crippen molar-refractivity contribution in [3.8, 4) is 23.0 Å². The van der Waals surface area contributed by atoms with E-state index in [1.165, 1.54) is 10.5 Å². The molecule has 4 rings (SSSR count). The maximum Gasteiger partial charge on any atom is 0.255 e. The number of benzene rings is 3. The monoisotopic (exact) mass is 474 g/mol. The third-order valence-electron chi connectivity index (χ3n) is 5.29. The summed E-state index contributed by atoms with van der Waals surface area (Å²) in [6, 6.07) is 20.8. The van der Waals surface area contributed by atoms with Gasteiger partial charge in [-0.2, -0.15) is 0 Å². The highest BCUT2D eigenvalue weighted by Crippen LogP contribution is 2.29. The van der Waals surface area contributed by atoms with Crippen molar-refractivity contribution in [2.24, 2.45) is 0 Å². The van der Waals surface area contributed by atoms with Crippen LogP contribution in [0, 0.1) is 13.8 Å². The van der Waals surface area contributed by atoms with Gasteiger partial charge in [0.25, 0.3) is 5.91 Å². The molecular weight excluding hydrogens is 448 g/mol. The summed E-state index contributed by atoms with van der Waals surface area (Å²) in [4.78, 5) is 18.6. The number of hydrogen-bond acceptors (Lipinski definition) is 6. The van der Waals surface area contributed by atoms with E-state index in [2.05, 4.69) is 41.5 Å². The predicted molar refractivity (Wildman–Crippen MR) is 135 cm³/mol. The van der Waals surface area contributed by atoms with Crippen molar-refractivity contribution < 1.29 is 18.7 Å². The van der Waals surface area contributed by atoms with Crippen molar-refractivity contribution >= 4 is 23.4 Å². The first-order valence-corrected chi connectivity index (χ1v) is 11.7. The molecule has 0 spiro atoms. The van der Waals surface area contributed by atoms with E-state index in [9.17, 15) is 4.79 Å². The lowest BCUT2D eigenvalue weighted by Gasteiger charge is -2.10. The second kappa shape index (κ2) is 10.5. The second-order valence-corrected chi connectivity index (χ2v) is 8.81. The van der Waals surface area contributed by atoms with E-state index in [4.69, 9.17) is 13.9 Å². The third-order valence-corrected chi connectivity index (χ3v) is 6.32. The Balaban J connectivity index is 1.43. The summed E-state index contributed by atoms with van der Waals surface area (Å²) in [6.45, 7) is 4.00. The lowest BCUT2D eigenvalue weighted by Crippen LogP contribution is -2.11. The molecule has 0 atom stereocenters. The summed E-state index contributed by atoms with van der Waals surface area (Å²) in [7, 11) is 3.13. The van der Waals surface area contributed by atoms with Gasteiger partial charge in [-0.25, -0.2) is 4.98 Å². The number of hydrogen-bond donors (Lipinski definition) is 1. The van der Waals surface area contributed by atoms with E-state index in [1.54, 1.807) is 56.3 Å². The fourth-order valence-corrected chi connectivity index (χ4v) is 4.22. The van der Waals surface area contributed by atoms with Crippen LogP contribution in [0.1, 0.15) is 27.4 Å². The Kier molecular flexibility index (Phi) is 7.23. The van der Waals surface area contributed by atoms with Crippen molar-refractivity contribution in [2.75, 3.05) is 19.5 Å². The molecule has 34 heavy (non-hydrogen) atoms. The van der Waals surface area contributed by atoms with Crippen LogP contribution in [0.3, 0.4) is 0 Å². The lowest BCUT2D eigenvalue weighted by molar-refractivity contribution is 0.102. The van der Waals surface area contributed by atoms with Gasteiger partial charge in [0.15, 0.2) is 0 Å². The highest BCUT2D eigenvalue weighted by Gasteiger charge is 2.14. The molecule has 7 heteroatoms. The number of oxazole rings is 1. The van der Waals surface area contributed by atoms with Gasteiger partial charge in [-0.05, 0) is 50.2 Å². The molecule has 6 nitrogen and oxygen atoms in total. The highest BCUT2D eigenvalue weighted by atomic mass is 32.2. The Hall–Kier alpha value is -3.71. The minimum absolute atomic E-state index is 0.236. The molecule has 1 heterocycles. The summed E-state index contributed by atoms with van der Waals surface area (Å²) in [5.74, 6) is 3.02. The topological polar surface area (TPSA) is 73.6 Å². The number of nitrogens with one attached hydrogen (secondary N) is 1. The van der Waals surface area contributed by atoms with Crippen molar-refractivity contribution in [1.29, 1.82) is 0 Å². The third kappa shape index (κ3) is 5.61. The molecule has 3 aromatic carbocycles. The number of ether oxygens (including phenoxy) is 2. The molecule has 0 saturated carbocycles. The van der Waals surface area contributed by atoms with Crippen molar-refractivity contribution in [2.45, 2.75) is 24.5 Å². The standard InChI is InChI=1S/C27H26N2O4S/c1-17-5-11-24(12-6-17)34-16-25-18(2)33-27(29-25)20-9-7-19(8-10-20)26(30)28-21-13-22(31-3)15-23(14-21)32-4/h5-15H,16H2,1-4H3,(H,28,30). The summed E-state index contributed by atoms with van der Waals surface area (Å²) in [5.41, 5.74) is 4.07. The first kappa shape index (κ1) is 23.4. The Morgan fingerprint density at radius 3 is 2.21 bits per heavy atom. The Morgan fingerprint density at radius 2 is 1.59 bits per heavy atom. The predicted octanol–water partition coefficient (Wildman–Crippen LogP) is 6.52. The molecular formula is C27H26N2O4S. The van der Waals surface area contributed by atoms with E-state index in [0.29, 0.717) is 28.6 Å². The van der Waals surface area contributed by atoms with Crippen LogP contribution in [0.4, 0.5) is 5.69 Å². The number of methoxy groups -OCH3 is 2. The average Bonchev–Trinajstić information content (AvgIpc) is 3.23. The molecule has 0 aliphatic carbocycles. The molecule has 0 aliphatic rings. The molecule has 174 valence electrons. The van der Waals surface area contributed by atoms with Gasteiger partial charge in [0.05, 0.1) is 19.9 Å². The smallest absolute Gasteiger partial charge is 0.255 e. The number of carbonyl (C=O) groups is 1. The minimum atomic E-state index is -0.236. The van der Waals surface area contributed by atoms with Crippen LogP contribution in [-0.2, 0) is 5.75 Å². The number of amides is 1. The normalized spacial score (nSPS) is 10.7. The van der Waals surface area contributed by atoms with Crippen LogP contribution in [0.2, 0.25) is 0 Å². The zero-order valence-corrected chi connectivity index (χ0v) is 20.4. The van der Waals surface area contributed by atoms with Crippen LogP contribution in [-0.4, -0.2) is 25.1 Å². The number of rotatable bonds is 8. The Bertz CT molecular complexity index is 1260. The molecule has 1 amide bonds. The molecule has 1 N–H and O–H groups in total. The van der Waals surface area contributed by atoms with Crippen LogP contribution < -0.4 is 14.8 Å². The second-order valence-electron chi connectivity index (χ2n) is 7.76. The number of aryl methyl sites for hydroxylation is 2. The first-order chi connectivity index (χ1) is 16.4. The van der Waals surface area contributed by atoms with Gasteiger partial charge in [0.2, 0.25) is 5.89 Å². The fourth-order valence-electron chi connectivity index (χ4n) is 3.32. The summed E-state index contributed by atoms with van der Waals surface area (Å²) >= 11 is 1.72. The zero-order valence-electron chi connectivity index (χ0n) is 19.5. The van der Waals surface area contributed by atoms with Crippen LogP contribution in [0.15, 0.2) is 76.0 Å². The van der Waals surface area contributed by atoms with Gasteiger partial charge in [-0.3, -0.25) is 4.79 Å². The number of nitrogens with zero attached hydrogens (tertiary/aromatic N) is 1. The number of carbonyl (C=O) groups excluding carboxylic acids is 1. The average molecular weight is 475 g/mol.